The van der Waals surface area contributed by atoms with E-state index >= 15 is 0 Å². The smallest absolute Gasteiger partial charge is 0.241 e. The van der Waals surface area contributed by atoms with Crippen LogP contribution in [-0.4, -0.2) is 29.1 Å². The van der Waals surface area contributed by atoms with E-state index in [1.54, 1.807) is 19.1 Å². The standard InChI is InChI=1S/C18H22N2O4S2/c1-15(16-7-3-2-4-8-16)19-26(23,24)18-11-9-17(10-12-18)20-13-5-6-14-25(20,21)22/h2-4,7-12,15,19H,5-6,13-14H2,1H3/t15-/m0/s1. The lowest BCUT2D eigenvalue weighted by atomic mass is 10.1. The lowest BCUT2D eigenvalue weighted by Crippen LogP contribution is -2.37. The second kappa shape index (κ2) is 7.38. The summed E-state index contributed by atoms with van der Waals surface area (Å²) in [5.41, 5.74) is 1.37. The monoisotopic (exact) mass is 394 g/mol. The summed E-state index contributed by atoms with van der Waals surface area (Å²) in [6, 6.07) is 14.9. The molecule has 1 saturated heterocycles. The fraction of sp³-hybridized carbons (Fsp3) is 0.333. The fourth-order valence-electron chi connectivity index (χ4n) is 2.98. The van der Waals surface area contributed by atoms with Crippen molar-refractivity contribution in [3.05, 3.63) is 60.2 Å². The zero-order valence-electron chi connectivity index (χ0n) is 14.5. The van der Waals surface area contributed by atoms with E-state index in [0.29, 0.717) is 18.7 Å². The Hall–Kier alpha value is -1.90. The second-order valence-corrected chi connectivity index (χ2v) is 10.1. The SMILES string of the molecule is C[C@H](NS(=O)(=O)c1ccc(N2CCCCS2(=O)=O)cc1)c1ccccc1. The van der Waals surface area contributed by atoms with Crippen molar-refractivity contribution >= 4 is 25.7 Å². The molecular formula is C18H22N2O4S2. The van der Waals surface area contributed by atoms with Gasteiger partial charge in [0.15, 0.2) is 0 Å². The molecule has 140 valence electrons. The summed E-state index contributed by atoms with van der Waals surface area (Å²) in [6.45, 7) is 2.21. The number of rotatable bonds is 5. The van der Waals surface area contributed by atoms with E-state index in [0.717, 1.165) is 12.0 Å². The number of hydrogen-bond acceptors (Lipinski definition) is 4. The Morgan fingerprint density at radius 1 is 1.00 bits per heavy atom. The Kier molecular flexibility index (Phi) is 5.36. The van der Waals surface area contributed by atoms with E-state index in [2.05, 4.69) is 4.72 Å². The number of hydrogen-bond donors (Lipinski definition) is 1. The van der Waals surface area contributed by atoms with Crippen molar-refractivity contribution in [3.63, 3.8) is 0 Å². The highest BCUT2D eigenvalue weighted by Gasteiger charge is 2.26. The predicted molar refractivity (Wildman–Crippen MR) is 102 cm³/mol. The molecule has 0 aromatic heterocycles. The van der Waals surface area contributed by atoms with Crippen LogP contribution in [0.25, 0.3) is 0 Å². The van der Waals surface area contributed by atoms with Gasteiger partial charge in [-0.2, -0.15) is 0 Å². The van der Waals surface area contributed by atoms with Crippen LogP contribution in [0.1, 0.15) is 31.4 Å². The summed E-state index contributed by atoms with van der Waals surface area (Å²) in [6.07, 6.45) is 1.46. The molecule has 1 aliphatic heterocycles. The first-order chi connectivity index (χ1) is 12.3. The lowest BCUT2D eigenvalue weighted by Gasteiger charge is -2.28. The zero-order chi connectivity index (χ0) is 18.8. The van der Waals surface area contributed by atoms with Gasteiger partial charge >= 0.3 is 0 Å². The molecule has 0 saturated carbocycles. The molecule has 2 aromatic rings. The molecule has 1 heterocycles. The molecule has 3 rings (SSSR count). The van der Waals surface area contributed by atoms with Crippen LogP contribution in [0.3, 0.4) is 0 Å². The number of nitrogens with zero attached hydrogens (tertiary/aromatic N) is 1. The highest BCUT2D eigenvalue weighted by atomic mass is 32.2. The Labute approximate surface area is 155 Å². The van der Waals surface area contributed by atoms with Crippen LogP contribution < -0.4 is 9.03 Å². The molecule has 1 fully saturated rings. The number of sulfonamides is 2. The van der Waals surface area contributed by atoms with Crippen molar-refractivity contribution in [3.8, 4) is 0 Å². The summed E-state index contributed by atoms with van der Waals surface area (Å²) in [7, 11) is -7.01. The molecule has 6 nitrogen and oxygen atoms in total. The van der Waals surface area contributed by atoms with Crippen molar-refractivity contribution < 1.29 is 16.8 Å². The van der Waals surface area contributed by atoms with Crippen LogP contribution >= 0.6 is 0 Å². The normalized spacial score (nSPS) is 18.4. The minimum absolute atomic E-state index is 0.110. The molecule has 0 bridgehead atoms. The number of anilines is 1. The first kappa shape index (κ1) is 18.9. The summed E-state index contributed by atoms with van der Waals surface area (Å²) >= 11 is 0. The molecule has 1 aliphatic rings. The van der Waals surface area contributed by atoms with Gasteiger partial charge in [0.25, 0.3) is 0 Å². The fourth-order valence-corrected chi connectivity index (χ4v) is 5.85. The molecule has 26 heavy (non-hydrogen) atoms. The van der Waals surface area contributed by atoms with Gasteiger partial charge in [-0.3, -0.25) is 4.31 Å². The third-order valence-corrected chi connectivity index (χ3v) is 7.84. The van der Waals surface area contributed by atoms with E-state index in [1.165, 1.54) is 16.4 Å². The summed E-state index contributed by atoms with van der Waals surface area (Å²) in [5.74, 6) is 0.128. The average Bonchev–Trinajstić information content (AvgIpc) is 2.62. The third-order valence-electron chi connectivity index (χ3n) is 4.42. The molecule has 0 unspecified atom stereocenters. The van der Waals surface area contributed by atoms with Gasteiger partial charge in [0, 0.05) is 12.6 Å². The first-order valence-corrected chi connectivity index (χ1v) is 11.6. The van der Waals surface area contributed by atoms with Gasteiger partial charge in [-0.25, -0.2) is 21.6 Å². The molecule has 0 aliphatic carbocycles. The largest absolute Gasteiger partial charge is 0.270 e. The zero-order valence-corrected chi connectivity index (χ0v) is 16.1. The minimum atomic E-state index is -3.70. The van der Waals surface area contributed by atoms with Crippen LogP contribution in [0.15, 0.2) is 59.5 Å². The maximum absolute atomic E-state index is 12.6. The lowest BCUT2D eigenvalue weighted by molar-refractivity contribution is 0.567. The molecule has 1 N–H and O–H groups in total. The van der Waals surface area contributed by atoms with Crippen molar-refractivity contribution in [2.45, 2.75) is 30.7 Å². The van der Waals surface area contributed by atoms with Crippen molar-refractivity contribution in [2.75, 3.05) is 16.6 Å². The maximum Gasteiger partial charge on any atom is 0.241 e. The van der Waals surface area contributed by atoms with Gasteiger partial charge in [-0.1, -0.05) is 30.3 Å². The highest BCUT2D eigenvalue weighted by molar-refractivity contribution is 7.92. The van der Waals surface area contributed by atoms with Crippen LogP contribution in [0.5, 0.6) is 0 Å². The topological polar surface area (TPSA) is 83.6 Å². The van der Waals surface area contributed by atoms with Gasteiger partial charge in [-0.15, -0.1) is 0 Å². The average molecular weight is 395 g/mol. The quantitative estimate of drug-likeness (QED) is 0.845. The molecule has 1 atom stereocenters. The van der Waals surface area contributed by atoms with E-state index in [1.807, 2.05) is 30.3 Å². The van der Waals surface area contributed by atoms with E-state index in [-0.39, 0.29) is 16.7 Å². The summed E-state index contributed by atoms with van der Waals surface area (Å²) < 4.78 is 53.5. The highest BCUT2D eigenvalue weighted by Crippen LogP contribution is 2.25. The van der Waals surface area contributed by atoms with Gasteiger partial charge in [-0.05, 0) is 49.6 Å². The molecule has 0 spiro atoms. The third kappa shape index (κ3) is 4.08. The Bertz CT molecular complexity index is 956. The van der Waals surface area contributed by atoms with E-state index in [4.69, 9.17) is 0 Å². The molecular weight excluding hydrogens is 372 g/mol. The van der Waals surface area contributed by atoms with Gasteiger partial charge in [0.05, 0.1) is 16.3 Å². The Balaban J connectivity index is 1.79. The minimum Gasteiger partial charge on any atom is -0.270 e. The molecule has 0 amide bonds. The van der Waals surface area contributed by atoms with Crippen LogP contribution in [0, 0.1) is 0 Å². The van der Waals surface area contributed by atoms with Crippen molar-refractivity contribution in [1.82, 2.24) is 4.72 Å². The van der Waals surface area contributed by atoms with E-state index < -0.39 is 20.0 Å². The second-order valence-electron chi connectivity index (χ2n) is 6.34. The molecule has 2 aromatic carbocycles. The first-order valence-electron chi connectivity index (χ1n) is 8.47. The number of nitrogens with one attached hydrogen (secondary N) is 1. The summed E-state index contributed by atoms with van der Waals surface area (Å²) in [5, 5.41) is 0. The van der Waals surface area contributed by atoms with Gasteiger partial charge < -0.3 is 0 Å². The van der Waals surface area contributed by atoms with Crippen LogP contribution in [0.4, 0.5) is 5.69 Å². The molecule has 0 radical (unpaired) electrons. The van der Waals surface area contributed by atoms with Crippen LogP contribution in [0.2, 0.25) is 0 Å². The maximum atomic E-state index is 12.6. The Morgan fingerprint density at radius 2 is 1.65 bits per heavy atom. The van der Waals surface area contributed by atoms with E-state index in [9.17, 15) is 16.8 Å². The Morgan fingerprint density at radius 3 is 2.27 bits per heavy atom. The van der Waals surface area contributed by atoms with Gasteiger partial charge in [0.1, 0.15) is 0 Å². The van der Waals surface area contributed by atoms with Crippen LogP contribution in [-0.2, 0) is 20.0 Å². The summed E-state index contributed by atoms with van der Waals surface area (Å²) in [4.78, 5) is 0.110. The van der Waals surface area contributed by atoms with Crippen molar-refractivity contribution in [2.24, 2.45) is 0 Å². The predicted octanol–water partition coefficient (Wildman–Crippen LogP) is 2.66. The molecule has 8 heteroatoms. The van der Waals surface area contributed by atoms with Crippen molar-refractivity contribution in [1.29, 1.82) is 0 Å². The number of benzene rings is 2. The van der Waals surface area contributed by atoms with Gasteiger partial charge in [0.2, 0.25) is 20.0 Å².